The zero-order valence-corrected chi connectivity index (χ0v) is 13.8. The maximum Gasteiger partial charge on any atom is 0.346 e. The highest BCUT2D eigenvalue weighted by atomic mass is 35.5. The molecule has 126 valence electrons. The van der Waals surface area contributed by atoms with E-state index in [2.05, 4.69) is 5.10 Å². The highest BCUT2D eigenvalue weighted by Gasteiger charge is 2.13. The first-order valence-electron chi connectivity index (χ1n) is 7.41. The lowest BCUT2D eigenvalue weighted by Gasteiger charge is -2.04. The number of esters is 1. The zero-order chi connectivity index (χ0) is 17.8. The van der Waals surface area contributed by atoms with Gasteiger partial charge in [0, 0.05) is 16.8 Å². The van der Waals surface area contributed by atoms with Gasteiger partial charge < -0.3 is 10.5 Å². The molecule has 3 aromatic rings. The summed E-state index contributed by atoms with van der Waals surface area (Å²) in [5.74, 6) is -0.933. The van der Waals surface area contributed by atoms with E-state index < -0.39 is 11.9 Å². The SMILES string of the molecule is NC(=O)c1cccc(OC(=O)c2cnn(Cc3ccccc3Cl)c2)c1. The molecule has 1 amide bonds. The second-order valence-electron chi connectivity index (χ2n) is 5.30. The summed E-state index contributed by atoms with van der Waals surface area (Å²) in [6, 6.07) is 13.5. The van der Waals surface area contributed by atoms with Gasteiger partial charge in [-0.2, -0.15) is 5.10 Å². The molecule has 7 heteroatoms. The lowest BCUT2D eigenvalue weighted by Crippen LogP contribution is -2.12. The maximum atomic E-state index is 12.2. The zero-order valence-electron chi connectivity index (χ0n) is 13.1. The molecule has 0 bridgehead atoms. The van der Waals surface area contributed by atoms with Crippen molar-refractivity contribution in [3.8, 4) is 5.75 Å². The molecule has 2 N–H and O–H groups in total. The summed E-state index contributed by atoms with van der Waals surface area (Å²) in [6.07, 6.45) is 2.99. The van der Waals surface area contributed by atoms with Gasteiger partial charge in [-0.15, -0.1) is 0 Å². The largest absolute Gasteiger partial charge is 0.423 e. The van der Waals surface area contributed by atoms with Gasteiger partial charge in [0.05, 0.1) is 18.3 Å². The van der Waals surface area contributed by atoms with Gasteiger partial charge in [-0.1, -0.05) is 35.9 Å². The predicted molar refractivity (Wildman–Crippen MR) is 92.7 cm³/mol. The van der Waals surface area contributed by atoms with Crippen LogP contribution in [-0.4, -0.2) is 21.7 Å². The molecule has 0 aliphatic rings. The van der Waals surface area contributed by atoms with Crippen LogP contribution in [0.15, 0.2) is 60.9 Å². The van der Waals surface area contributed by atoms with Crippen LogP contribution in [0.4, 0.5) is 0 Å². The molecular weight excluding hydrogens is 342 g/mol. The molecule has 0 saturated carbocycles. The van der Waals surface area contributed by atoms with Crippen molar-refractivity contribution in [3.05, 3.63) is 82.6 Å². The molecule has 0 aliphatic heterocycles. The standard InChI is InChI=1S/C18H14ClN3O3/c19-16-7-2-1-4-13(16)10-22-11-14(9-21-22)18(24)25-15-6-3-5-12(8-15)17(20)23/h1-9,11H,10H2,(H2,20,23). The Balaban J connectivity index is 1.72. The summed E-state index contributed by atoms with van der Waals surface area (Å²) in [6.45, 7) is 0.435. The van der Waals surface area contributed by atoms with Gasteiger partial charge in [0.1, 0.15) is 5.75 Å². The number of ether oxygens (including phenoxy) is 1. The number of rotatable bonds is 5. The van der Waals surface area contributed by atoms with Crippen molar-refractivity contribution in [2.75, 3.05) is 0 Å². The predicted octanol–water partition coefficient (Wildman–Crippen LogP) is 2.90. The minimum absolute atomic E-state index is 0.236. The molecule has 0 atom stereocenters. The van der Waals surface area contributed by atoms with Crippen LogP contribution in [0.1, 0.15) is 26.3 Å². The number of carbonyl (C=O) groups excluding carboxylic acids is 2. The second kappa shape index (κ2) is 7.19. The van der Waals surface area contributed by atoms with Crippen molar-refractivity contribution in [1.29, 1.82) is 0 Å². The summed E-state index contributed by atoms with van der Waals surface area (Å²) in [5.41, 5.74) is 6.65. The first-order chi connectivity index (χ1) is 12.0. The normalized spacial score (nSPS) is 10.4. The Morgan fingerprint density at radius 3 is 2.68 bits per heavy atom. The van der Waals surface area contributed by atoms with Crippen molar-refractivity contribution in [1.82, 2.24) is 9.78 Å². The Morgan fingerprint density at radius 1 is 1.12 bits per heavy atom. The van der Waals surface area contributed by atoms with Gasteiger partial charge in [-0.25, -0.2) is 4.79 Å². The number of nitrogens with two attached hydrogens (primary N) is 1. The molecule has 2 aromatic carbocycles. The van der Waals surface area contributed by atoms with Gasteiger partial charge in [-0.3, -0.25) is 9.48 Å². The van der Waals surface area contributed by atoms with E-state index in [0.29, 0.717) is 11.6 Å². The number of hydrogen-bond donors (Lipinski definition) is 1. The Hall–Kier alpha value is -3.12. The minimum atomic E-state index is -0.592. The molecule has 3 rings (SSSR count). The minimum Gasteiger partial charge on any atom is -0.423 e. The van der Waals surface area contributed by atoms with E-state index in [0.717, 1.165) is 5.56 Å². The van der Waals surface area contributed by atoms with Crippen LogP contribution < -0.4 is 10.5 Å². The number of halogens is 1. The summed E-state index contributed by atoms with van der Waals surface area (Å²) < 4.78 is 6.85. The first-order valence-corrected chi connectivity index (χ1v) is 7.78. The fourth-order valence-electron chi connectivity index (χ4n) is 2.24. The highest BCUT2D eigenvalue weighted by Crippen LogP contribution is 2.17. The van der Waals surface area contributed by atoms with E-state index in [9.17, 15) is 9.59 Å². The molecule has 0 unspecified atom stereocenters. The van der Waals surface area contributed by atoms with Gasteiger partial charge in [0.25, 0.3) is 0 Å². The Bertz CT molecular complexity index is 937. The molecule has 6 nitrogen and oxygen atoms in total. The average Bonchev–Trinajstić information content (AvgIpc) is 3.06. The van der Waals surface area contributed by atoms with Crippen LogP contribution in [0.3, 0.4) is 0 Å². The van der Waals surface area contributed by atoms with Crippen LogP contribution in [0, 0.1) is 0 Å². The highest BCUT2D eigenvalue weighted by molar-refractivity contribution is 6.31. The van der Waals surface area contributed by atoms with E-state index in [4.69, 9.17) is 22.1 Å². The Labute approximate surface area is 148 Å². The fraction of sp³-hybridized carbons (Fsp3) is 0.0556. The topological polar surface area (TPSA) is 87.2 Å². The van der Waals surface area contributed by atoms with Gasteiger partial charge in [-0.05, 0) is 29.8 Å². The quantitative estimate of drug-likeness (QED) is 0.563. The molecule has 0 spiro atoms. The summed E-state index contributed by atoms with van der Waals surface area (Å²) >= 11 is 6.12. The van der Waals surface area contributed by atoms with Crippen LogP contribution in [-0.2, 0) is 6.54 Å². The number of benzene rings is 2. The van der Waals surface area contributed by atoms with Crippen molar-refractivity contribution in [2.24, 2.45) is 5.73 Å². The average molecular weight is 356 g/mol. The van der Waals surface area contributed by atoms with Crippen LogP contribution >= 0.6 is 11.6 Å². The lowest BCUT2D eigenvalue weighted by molar-refractivity contribution is 0.0733. The van der Waals surface area contributed by atoms with Crippen LogP contribution in [0.5, 0.6) is 5.75 Å². The summed E-state index contributed by atoms with van der Waals surface area (Å²) in [4.78, 5) is 23.4. The third-order valence-corrected chi connectivity index (χ3v) is 3.86. The van der Waals surface area contributed by atoms with E-state index >= 15 is 0 Å². The maximum absolute atomic E-state index is 12.2. The Morgan fingerprint density at radius 2 is 1.92 bits per heavy atom. The van der Waals surface area contributed by atoms with Crippen LogP contribution in [0.2, 0.25) is 5.02 Å². The van der Waals surface area contributed by atoms with Crippen molar-refractivity contribution in [3.63, 3.8) is 0 Å². The van der Waals surface area contributed by atoms with Crippen molar-refractivity contribution >= 4 is 23.5 Å². The van der Waals surface area contributed by atoms with Crippen molar-refractivity contribution in [2.45, 2.75) is 6.54 Å². The first kappa shape index (κ1) is 16.7. The monoisotopic (exact) mass is 355 g/mol. The third-order valence-electron chi connectivity index (χ3n) is 3.49. The van der Waals surface area contributed by atoms with E-state index in [-0.39, 0.29) is 16.9 Å². The molecule has 1 heterocycles. The van der Waals surface area contributed by atoms with Gasteiger partial charge >= 0.3 is 5.97 Å². The lowest BCUT2D eigenvalue weighted by atomic mass is 10.2. The molecular formula is C18H14ClN3O3. The smallest absolute Gasteiger partial charge is 0.346 e. The number of hydrogen-bond acceptors (Lipinski definition) is 4. The Kier molecular flexibility index (Phi) is 4.81. The molecule has 0 fully saturated rings. The summed E-state index contributed by atoms with van der Waals surface area (Å²) in [5, 5.41) is 4.77. The van der Waals surface area contributed by atoms with Crippen molar-refractivity contribution < 1.29 is 14.3 Å². The molecule has 0 radical (unpaired) electrons. The number of primary amides is 1. The van der Waals surface area contributed by atoms with E-state index in [1.807, 2.05) is 18.2 Å². The third kappa shape index (κ3) is 4.05. The fourth-order valence-corrected chi connectivity index (χ4v) is 2.43. The number of carbonyl (C=O) groups is 2. The number of amides is 1. The summed E-state index contributed by atoms with van der Waals surface area (Å²) in [7, 11) is 0. The van der Waals surface area contributed by atoms with E-state index in [1.54, 1.807) is 35.1 Å². The molecule has 0 saturated heterocycles. The van der Waals surface area contributed by atoms with E-state index in [1.165, 1.54) is 12.3 Å². The van der Waals surface area contributed by atoms with Gasteiger partial charge in [0.15, 0.2) is 0 Å². The molecule has 25 heavy (non-hydrogen) atoms. The van der Waals surface area contributed by atoms with Gasteiger partial charge in [0.2, 0.25) is 5.91 Å². The molecule has 1 aromatic heterocycles. The number of nitrogens with zero attached hydrogens (tertiary/aromatic N) is 2. The van der Waals surface area contributed by atoms with Crippen LogP contribution in [0.25, 0.3) is 0 Å². The second-order valence-corrected chi connectivity index (χ2v) is 5.71. The number of aromatic nitrogens is 2. The molecule has 0 aliphatic carbocycles.